The van der Waals surface area contributed by atoms with Gasteiger partial charge in [-0.15, -0.1) is 12.6 Å². The molecule has 1 nitrogen and oxygen atoms in total. The van der Waals surface area contributed by atoms with Crippen LogP contribution in [0.25, 0.3) is 0 Å². The monoisotopic (exact) mass is 259 g/mol. The molecule has 0 atom stereocenters. The van der Waals surface area contributed by atoms with Gasteiger partial charge in [-0.3, -0.25) is 0 Å². The Bertz CT molecular complexity index is 408. The van der Waals surface area contributed by atoms with E-state index in [1.807, 2.05) is 0 Å². The maximum Gasteiger partial charge on any atom is 0.0813 e. The molecule has 0 spiro atoms. The van der Waals surface area contributed by atoms with E-state index in [9.17, 15) is 0 Å². The van der Waals surface area contributed by atoms with E-state index in [0.717, 1.165) is 32.6 Å². The lowest BCUT2D eigenvalue weighted by Crippen LogP contribution is -2.10. The summed E-state index contributed by atoms with van der Waals surface area (Å²) in [7, 11) is 0. The predicted molar refractivity (Wildman–Crippen MR) is 74.9 cm³/mol. The largest absolute Gasteiger partial charge is 0.383 e. The Kier molecular flexibility index (Phi) is 4.32. The van der Waals surface area contributed by atoms with Crippen molar-refractivity contribution in [3.05, 3.63) is 9.02 Å². The molecule has 4 heteroatoms. The molecule has 0 heterocycles. The van der Waals surface area contributed by atoms with Gasteiger partial charge >= 0.3 is 0 Å². The minimum Gasteiger partial charge on any atom is -0.383 e. The standard InChI is InChI=1S/C11H17NS3/c1-11(2,3)5-4-6-12-7-8(13)10(15)9(7)14/h12-13H,4-6H2,1-3H3. The molecule has 0 unspecified atom stereocenters. The first-order valence-electron chi connectivity index (χ1n) is 5.09. The number of nitrogens with one attached hydrogen (secondary N) is 1. The third-order valence-electron chi connectivity index (χ3n) is 2.29. The number of hydrogen-bond acceptors (Lipinski definition) is 4. The van der Waals surface area contributed by atoms with Crippen molar-refractivity contribution in [1.29, 1.82) is 0 Å². The molecular formula is C11H17NS3. The molecule has 84 valence electrons. The molecule has 15 heavy (non-hydrogen) atoms. The van der Waals surface area contributed by atoms with Gasteiger partial charge in [0.15, 0.2) is 0 Å². The Morgan fingerprint density at radius 3 is 2.27 bits per heavy atom. The number of thiol groups is 1. The SMILES string of the molecule is CC(C)(C)CCCNc1c(S)c(=S)c1=S. The summed E-state index contributed by atoms with van der Waals surface area (Å²) in [6, 6.07) is 0. The lowest BCUT2D eigenvalue weighted by Gasteiger charge is -2.19. The maximum absolute atomic E-state index is 5.12. The summed E-state index contributed by atoms with van der Waals surface area (Å²) in [4.78, 5) is 0.853. The second kappa shape index (κ2) is 4.93. The lowest BCUT2D eigenvalue weighted by atomic mass is 9.91. The minimum absolute atomic E-state index is 0.398. The second-order valence-electron chi connectivity index (χ2n) is 4.97. The number of anilines is 1. The van der Waals surface area contributed by atoms with E-state index in [1.165, 1.54) is 6.42 Å². The molecule has 0 radical (unpaired) electrons. The topological polar surface area (TPSA) is 12.0 Å². The molecule has 0 amide bonds. The minimum atomic E-state index is 0.398. The van der Waals surface area contributed by atoms with Gasteiger partial charge in [-0.2, -0.15) is 0 Å². The van der Waals surface area contributed by atoms with Crippen LogP contribution < -0.4 is 5.32 Å². The van der Waals surface area contributed by atoms with Gasteiger partial charge in [-0.25, -0.2) is 0 Å². The molecule has 1 aromatic carbocycles. The Morgan fingerprint density at radius 1 is 1.20 bits per heavy atom. The molecule has 0 fully saturated rings. The van der Waals surface area contributed by atoms with Crippen molar-refractivity contribution >= 4 is 42.8 Å². The van der Waals surface area contributed by atoms with Crippen LogP contribution in [0, 0.1) is 14.4 Å². The van der Waals surface area contributed by atoms with Crippen LogP contribution in [0.15, 0.2) is 4.90 Å². The molecule has 0 aliphatic carbocycles. The van der Waals surface area contributed by atoms with Gasteiger partial charge in [-0.05, 0) is 18.3 Å². The summed E-state index contributed by atoms with van der Waals surface area (Å²) in [5.74, 6) is 0. The molecule has 0 aromatic heterocycles. The highest BCUT2D eigenvalue weighted by molar-refractivity contribution is 7.81. The highest BCUT2D eigenvalue weighted by atomic mass is 32.1. The van der Waals surface area contributed by atoms with Gasteiger partial charge in [0.05, 0.1) is 14.7 Å². The van der Waals surface area contributed by atoms with Crippen LogP contribution in [0.1, 0.15) is 33.6 Å². The van der Waals surface area contributed by atoms with Gasteiger partial charge in [-0.1, -0.05) is 45.2 Å². The third kappa shape index (κ3) is 3.54. The zero-order valence-electron chi connectivity index (χ0n) is 9.39. The first-order valence-corrected chi connectivity index (χ1v) is 6.35. The summed E-state index contributed by atoms with van der Waals surface area (Å²) < 4.78 is 1.50. The van der Waals surface area contributed by atoms with Crippen LogP contribution >= 0.6 is 37.1 Å². The van der Waals surface area contributed by atoms with E-state index < -0.39 is 0 Å². The van der Waals surface area contributed by atoms with Gasteiger partial charge in [0, 0.05) is 11.4 Å². The molecular weight excluding hydrogens is 242 g/mol. The van der Waals surface area contributed by atoms with Gasteiger partial charge < -0.3 is 5.32 Å². The molecule has 1 N–H and O–H groups in total. The molecule has 0 bridgehead atoms. The fourth-order valence-electron chi connectivity index (χ4n) is 1.38. The highest BCUT2D eigenvalue weighted by Crippen LogP contribution is 2.30. The third-order valence-corrected chi connectivity index (χ3v) is 3.83. The van der Waals surface area contributed by atoms with Gasteiger partial charge in [0.2, 0.25) is 0 Å². The number of hydrogen-bond donors (Lipinski definition) is 2. The molecule has 0 aliphatic heterocycles. The van der Waals surface area contributed by atoms with Crippen LogP contribution in [0.2, 0.25) is 0 Å². The van der Waals surface area contributed by atoms with E-state index in [0.29, 0.717) is 5.41 Å². The van der Waals surface area contributed by atoms with E-state index in [4.69, 9.17) is 24.4 Å². The van der Waals surface area contributed by atoms with E-state index in [1.54, 1.807) is 0 Å². The van der Waals surface area contributed by atoms with Crippen LogP contribution in [-0.4, -0.2) is 6.54 Å². The molecule has 1 rings (SSSR count). The zero-order chi connectivity index (χ0) is 11.6. The maximum atomic E-state index is 5.12. The zero-order valence-corrected chi connectivity index (χ0v) is 11.9. The predicted octanol–water partition coefficient (Wildman–Crippen LogP) is 4.55. The average Bonchev–Trinajstić information content (AvgIpc) is 2.14. The first kappa shape index (κ1) is 13.1. The van der Waals surface area contributed by atoms with Crippen LogP contribution in [-0.2, 0) is 0 Å². The van der Waals surface area contributed by atoms with E-state index >= 15 is 0 Å². The molecule has 0 aliphatic rings. The Morgan fingerprint density at radius 2 is 1.80 bits per heavy atom. The van der Waals surface area contributed by atoms with Crippen LogP contribution in [0.5, 0.6) is 0 Å². The Labute approximate surface area is 107 Å². The van der Waals surface area contributed by atoms with Crippen molar-refractivity contribution in [3.63, 3.8) is 0 Å². The number of rotatable bonds is 4. The smallest absolute Gasteiger partial charge is 0.0813 e. The molecule has 1 aromatic rings. The van der Waals surface area contributed by atoms with Gasteiger partial charge in [0.1, 0.15) is 0 Å². The van der Waals surface area contributed by atoms with Crippen LogP contribution in [0.4, 0.5) is 5.69 Å². The van der Waals surface area contributed by atoms with Crippen LogP contribution in [0.3, 0.4) is 0 Å². The Balaban J connectivity index is 2.34. The fraction of sp³-hybridized carbons (Fsp3) is 0.636. The fourth-order valence-corrected chi connectivity index (χ4v) is 2.31. The summed E-state index contributed by atoms with van der Waals surface area (Å²) in [5, 5.41) is 3.30. The average molecular weight is 259 g/mol. The van der Waals surface area contributed by atoms with E-state index in [-0.39, 0.29) is 0 Å². The lowest BCUT2D eigenvalue weighted by molar-refractivity contribution is 0.370. The highest BCUT2D eigenvalue weighted by Gasteiger charge is 2.12. The summed E-state index contributed by atoms with van der Waals surface area (Å²) >= 11 is 14.4. The van der Waals surface area contributed by atoms with Crippen molar-refractivity contribution in [3.8, 4) is 0 Å². The second-order valence-corrected chi connectivity index (χ2v) is 6.24. The molecule has 0 saturated heterocycles. The first-order chi connectivity index (χ1) is 6.83. The summed E-state index contributed by atoms with van der Waals surface area (Å²) in [5.41, 5.74) is 1.36. The van der Waals surface area contributed by atoms with E-state index in [2.05, 4.69) is 38.7 Å². The van der Waals surface area contributed by atoms with Crippen molar-refractivity contribution in [2.24, 2.45) is 5.41 Å². The van der Waals surface area contributed by atoms with Crippen molar-refractivity contribution < 1.29 is 0 Å². The van der Waals surface area contributed by atoms with Crippen molar-refractivity contribution in [2.75, 3.05) is 11.9 Å². The molecule has 0 saturated carbocycles. The van der Waals surface area contributed by atoms with Crippen molar-refractivity contribution in [1.82, 2.24) is 0 Å². The summed E-state index contributed by atoms with van der Waals surface area (Å²) in [6.45, 7) is 7.69. The normalized spacial score (nSPS) is 12.0. The van der Waals surface area contributed by atoms with Crippen molar-refractivity contribution in [2.45, 2.75) is 38.5 Å². The summed E-state index contributed by atoms with van der Waals surface area (Å²) in [6.07, 6.45) is 2.34. The quantitative estimate of drug-likeness (QED) is 0.468. The Hall–Kier alpha value is 0.0700. The van der Waals surface area contributed by atoms with Gasteiger partial charge in [0.25, 0.3) is 0 Å².